The topological polar surface area (TPSA) is 62.3 Å². The molecule has 1 aliphatic heterocycles. The zero-order chi connectivity index (χ0) is 15.8. The number of piperazine rings is 1. The summed E-state index contributed by atoms with van der Waals surface area (Å²) in [5.74, 6) is -0.111. The third-order valence-electron chi connectivity index (χ3n) is 4.57. The summed E-state index contributed by atoms with van der Waals surface area (Å²) in [4.78, 5) is 31.6. The highest BCUT2D eigenvalue weighted by molar-refractivity contribution is 7.09. The van der Waals surface area contributed by atoms with Gasteiger partial charge in [0, 0.05) is 5.38 Å². The summed E-state index contributed by atoms with van der Waals surface area (Å²) in [6, 6.07) is 0. The van der Waals surface area contributed by atoms with Gasteiger partial charge in [0.05, 0.1) is 17.2 Å². The van der Waals surface area contributed by atoms with E-state index in [1.54, 1.807) is 23.2 Å². The molecule has 0 aromatic carbocycles. The van der Waals surface area contributed by atoms with Gasteiger partial charge in [-0.1, -0.05) is 13.8 Å². The van der Waals surface area contributed by atoms with E-state index < -0.39 is 11.1 Å². The molecule has 0 radical (unpaired) electrons. The Kier molecular flexibility index (Phi) is 4.10. The third kappa shape index (κ3) is 2.57. The van der Waals surface area contributed by atoms with Gasteiger partial charge in [0.15, 0.2) is 0 Å². The summed E-state index contributed by atoms with van der Waals surface area (Å²) in [5, 5.41) is 5.83. The van der Waals surface area contributed by atoms with E-state index in [4.69, 9.17) is 0 Å². The highest BCUT2D eigenvalue weighted by Crippen LogP contribution is 2.32. The standard InChI is InChI=1S/C15H23N3O2S/c1-6-14(4)13(20)18(8-11-9-21-10(3)16-11)15(5,7-2)12(19)17-14/h9H,6-8H2,1-5H3,(H,17,19). The molecule has 1 fully saturated rings. The summed E-state index contributed by atoms with van der Waals surface area (Å²) in [6.45, 7) is 9.79. The molecule has 116 valence electrons. The van der Waals surface area contributed by atoms with E-state index in [9.17, 15) is 9.59 Å². The summed E-state index contributed by atoms with van der Waals surface area (Å²) in [7, 11) is 0. The number of nitrogens with one attached hydrogen (secondary N) is 1. The van der Waals surface area contributed by atoms with E-state index in [1.807, 2.05) is 33.1 Å². The fraction of sp³-hybridized carbons (Fsp3) is 0.667. The molecule has 0 spiro atoms. The lowest BCUT2D eigenvalue weighted by molar-refractivity contribution is -0.163. The first kappa shape index (κ1) is 15.9. The van der Waals surface area contributed by atoms with Gasteiger partial charge >= 0.3 is 0 Å². The quantitative estimate of drug-likeness (QED) is 0.928. The van der Waals surface area contributed by atoms with Crippen molar-refractivity contribution in [3.63, 3.8) is 0 Å². The first-order valence-electron chi connectivity index (χ1n) is 7.32. The highest BCUT2D eigenvalue weighted by Gasteiger charge is 2.52. The fourth-order valence-electron chi connectivity index (χ4n) is 2.56. The molecule has 0 aliphatic carbocycles. The average Bonchev–Trinajstić information content (AvgIpc) is 2.87. The Morgan fingerprint density at radius 1 is 1.29 bits per heavy atom. The van der Waals surface area contributed by atoms with Crippen LogP contribution in [0.3, 0.4) is 0 Å². The molecule has 5 nitrogen and oxygen atoms in total. The molecule has 2 amide bonds. The molecule has 1 N–H and O–H groups in total. The van der Waals surface area contributed by atoms with Crippen LogP contribution < -0.4 is 5.32 Å². The first-order chi connectivity index (χ1) is 9.76. The monoisotopic (exact) mass is 309 g/mol. The molecule has 1 aromatic heterocycles. The van der Waals surface area contributed by atoms with E-state index in [2.05, 4.69) is 10.3 Å². The maximum atomic E-state index is 12.9. The number of rotatable bonds is 4. The van der Waals surface area contributed by atoms with Gasteiger partial charge in [-0.3, -0.25) is 9.59 Å². The van der Waals surface area contributed by atoms with E-state index in [0.717, 1.165) is 10.7 Å². The molecular formula is C15H23N3O2S. The van der Waals surface area contributed by atoms with Crippen molar-refractivity contribution in [2.75, 3.05) is 0 Å². The van der Waals surface area contributed by atoms with Crippen molar-refractivity contribution in [3.8, 4) is 0 Å². The van der Waals surface area contributed by atoms with Crippen molar-refractivity contribution in [3.05, 3.63) is 16.1 Å². The van der Waals surface area contributed by atoms with Crippen molar-refractivity contribution < 1.29 is 9.59 Å². The Labute approximate surface area is 129 Å². The average molecular weight is 309 g/mol. The predicted octanol–water partition coefficient (Wildman–Crippen LogP) is 2.25. The van der Waals surface area contributed by atoms with Gasteiger partial charge in [0.1, 0.15) is 11.1 Å². The number of hydrogen-bond acceptors (Lipinski definition) is 4. The number of carbonyl (C=O) groups excluding carboxylic acids is 2. The fourth-order valence-corrected chi connectivity index (χ4v) is 3.17. The number of amides is 2. The van der Waals surface area contributed by atoms with Crippen LogP contribution in [0.25, 0.3) is 0 Å². The van der Waals surface area contributed by atoms with Gasteiger partial charge < -0.3 is 10.2 Å². The zero-order valence-corrected chi connectivity index (χ0v) is 14.1. The van der Waals surface area contributed by atoms with Crippen LogP contribution in [0.5, 0.6) is 0 Å². The van der Waals surface area contributed by atoms with Crippen molar-refractivity contribution in [2.24, 2.45) is 0 Å². The first-order valence-corrected chi connectivity index (χ1v) is 8.20. The Morgan fingerprint density at radius 3 is 2.43 bits per heavy atom. The van der Waals surface area contributed by atoms with Crippen molar-refractivity contribution >= 4 is 23.2 Å². The molecule has 2 unspecified atom stereocenters. The molecule has 2 atom stereocenters. The van der Waals surface area contributed by atoms with E-state index in [1.165, 1.54) is 0 Å². The van der Waals surface area contributed by atoms with Gasteiger partial charge in [-0.25, -0.2) is 4.98 Å². The lowest BCUT2D eigenvalue weighted by atomic mass is 9.84. The van der Waals surface area contributed by atoms with E-state index >= 15 is 0 Å². The summed E-state index contributed by atoms with van der Waals surface area (Å²) in [6.07, 6.45) is 1.15. The molecular weight excluding hydrogens is 286 g/mol. The van der Waals surface area contributed by atoms with Crippen LogP contribution in [0.1, 0.15) is 51.2 Å². The number of aryl methyl sites for hydroxylation is 1. The van der Waals surface area contributed by atoms with Gasteiger partial charge in [-0.2, -0.15) is 0 Å². The van der Waals surface area contributed by atoms with Crippen LogP contribution in [0.15, 0.2) is 5.38 Å². The SMILES string of the molecule is CCC1(C)NC(=O)C(C)(CC)N(Cc2csc(C)n2)C1=O. The maximum absolute atomic E-state index is 12.9. The second-order valence-corrected chi connectivity index (χ2v) is 7.08. The van der Waals surface area contributed by atoms with Gasteiger partial charge in [0.25, 0.3) is 0 Å². The number of aromatic nitrogens is 1. The van der Waals surface area contributed by atoms with Crippen LogP contribution in [0.4, 0.5) is 0 Å². The lowest BCUT2D eigenvalue weighted by Gasteiger charge is -2.49. The van der Waals surface area contributed by atoms with Crippen LogP contribution in [0, 0.1) is 6.92 Å². The molecule has 2 heterocycles. The van der Waals surface area contributed by atoms with Crippen molar-refractivity contribution in [1.82, 2.24) is 15.2 Å². The van der Waals surface area contributed by atoms with Crippen molar-refractivity contribution in [2.45, 2.75) is 65.1 Å². The minimum atomic E-state index is -0.823. The maximum Gasteiger partial charge on any atom is 0.249 e. The third-order valence-corrected chi connectivity index (χ3v) is 5.40. The number of thiazole rings is 1. The molecule has 1 aromatic rings. The highest BCUT2D eigenvalue weighted by atomic mass is 32.1. The number of carbonyl (C=O) groups is 2. The van der Waals surface area contributed by atoms with Gasteiger partial charge in [-0.05, 0) is 33.6 Å². The van der Waals surface area contributed by atoms with Crippen LogP contribution >= 0.6 is 11.3 Å². The minimum Gasteiger partial charge on any atom is -0.340 e. The van der Waals surface area contributed by atoms with E-state index in [-0.39, 0.29) is 11.8 Å². The molecule has 0 saturated carbocycles. The summed E-state index contributed by atoms with van der Waals surface area (Å²) >= 11 is 1.56. The Hall–Kier alpha value is -1.43. The Morgan fingerprint density at radius 2 is 1.95 bits per heavy atom. The minimum absolute atomic E-state index is 0.0281. The largest absolute Gasteiger partial charge is 0.340 e. The van der Waals surface area contributed by atoms with Gasteiger partial charge in [0.2, 0.25) is 11.8 Å². The predicted molar refractivity (Wildman–Crippen MR) is 82.9 cm³/mol. The molecule has 21 heavy (non-hydrogen) atoms. The summed E-state index contributed by atoms with van der Waals surface area (Å²) < 4.78 is 0. The Bertz CT molecular complexity index is 571. The Balaban J connectivity index is 2.39. The zero-order valence-electron chi connectivity index (χ0n) is 13.3. The second-order valence-electron chi connectivity index (χ2n) is 6.02. The second kappa shape index (κ2) is 5.40. The molecule has 6 heteroatoms. The van der Waals surface area contributed by atoms with E-state index in [0.29, 0.717) is 19.4 Å². The molecule has 1 aliphatic rings. The smallest absolute Gasteiger partial charge is 0.249 e. The normalized spacial score (nSPS) is 29.7. The van der Waals surface area contributed by atoms with Gasteiger partial charge in [-0.15, -0.1) is 11.3 Å². The molecule has 2 rings (SSSR count). The van der Waals surface area contributed by atoms with Crippen LogP contribution in [-0.4, -0.2) is 32.8 Å². The lowest BCUT2D eigenvalue weighted by Crippen LogP contribution is -2.73. The number of nitrogens with zero attached hydrogens (tertiary/aromatic N) is 2. The summed E-state index contributed by atoms with van der Waals surface area (Å²) in [5.41, 5.74) is -0.793. The van der Waals surface area contributed by atoms with Crippen LogP contribution in [-0.2, 0) is 16.1 Å². The van der Waals surface area contributed by atoms with Crippen LogP contribution in [0.2, 0.25) is 0 Å². The number of hydrogen-bond donors (Lipinski definition) is 1. The van der Waals surface area contributed by atoms with Crippen molar-refractivity contribution in [1.29, 1.82) is 0 Å². The molecule has 1 saturated heterocycles. The molecule has 0 bridgehead atoms.